The molecule has 1 radical (unpaired) electrons. The molecule has 0 N–H and O–H groups in total. The van der Waals surface area contributed by atoms with Crippen LogP contribution in [0.25, 0.3) is 0 Å². The molecule has 0 aromatic rings. The molecule has 0 aliphatic carbocycles. The molecule has 10 heavy (non-hydrogen) atoms. The molecule has 0 spiro atoms. The highest BCUT2D eigenvalue weighted by Gasteiger charge is 2.00. The van der Waals surface area contributed by atoms with Gasteiger partial charge in [0, 0.05) is 5.54 Å². The Labute approximate surface area is 69.3 Å². The van der Waals surface area contributed by atoms with E-state index in [1.54, 1.807) is 5.54 Å². The fourth-order valence-corrected chi connectivity index (χ4v) is 1.14. The van der Waals surface area contributed by atoms with E-state index in [2.05, 4.69) is 13.8 Å². The maximum absolute atomic E-state index is 5.40. The summed E-state index contributed by atoms with van der Waals surface area (Å²) in [5.74, 6) is 0.736. The van der Waals surface area contributed by atoms with Gasteiger partial charge in [-0.25, -0.2) is 0 Å². The van der Waals surface area contributed by atoms with E-state index in [1.165, 1.54) is 12.8 Å². The molecule has 0 fully saturated rings. The topological polar surface area (TPSA) is 0 Å². The smallest absolute Gasteiger partial charge is 0.000256 e. The lowest BCUT2D eigenvalue weighted by Gasteiger charge is -2.09. The first-order valence-corrected chi connectivity index (χ1v) is 4.33. The maximum Gasteiger partial charge on any atom is 0.000256 e. The van der Waals surface area contributed by atoms with Gasteiger partial charge in [-0.1, -0.05) is 50.8 Å². The second kappa shape index (κ2) is 7.14. The Kier molecular flexibility index (Phi) is 7.16. The lowest BCUT2D eigenvalue weighted by molar-refractivity contribution is 0.490. The summed E-state index contributed by atoms with van der Waals surface area (Å²) in [7, 11) is 0. The molecule has 59 valence electrons. The molecule has 0 bridgehead atoms. The fraction of sp³-hybridized carbons (Fsp3) is 0.667. The van der Waals surface area contributed by atoms with E-state index in [4.69, 9.17) is 11.6 Å². The van der Waals surface area contributed by atoms with E-state index < -0.39 is 0 Å². The van der Waals surface area contributed by atoms with Crippen molar-refractivity contribution in [1.29, 1.82) is 0 Å². The second-order valence-corrected chi connectivity index (χ2v) is 2.79. The third-order valence-corrected chi connectivity index (χ3v) is 1.84. The van der Waals surface area contributed by atoms with Gasteiger partial charge >= 0.3 is 0 Å². The van der Waals surface area contributed by atoms with Crippen molar-refractivity contribution in [3.8, 4) is 0 Å². The molecule has 0 aliphatic heterocycles. The Morgan fingerprint density at radius 2 is 2.30 bits per heavy atom. The Hall–Kier alpha value is 0.0300. The second-order valence-electron chi connectivity index (χ2n) is 2.54. The zero-order chi connectivity index (χ0) is 7.82. The highest BCUT2D eigenvalue weighted by atomic mass is 35.5. The largest absolute Gasteiger partial charge is 0.0933 e. The van der Waals surface area contributed by atoms with Crippen LogP contribution < -0.4 is 0 Å². The van der Waals surface area contributed by atoms with Crippen molar-refractivity contribution in [1.82, 2.24) is 0 Å². The van der Waals surface area contributed by atoms with Crippen LogP contribution in [-0.2, 0) is 0 Å². The summed E-state index contributed by atoms with van der Waals surface area (Å²) in [5, 5.41) is 0. The first-order valence-electron chi connectivity index (χ1n) is 3.89. The first-order chi connectivity index (χ1) is 4.85. The lowest BCUT2D eigenvalue weighted by atomic mass is 9.97. The van der Waals surface area contributed by atoms with Crippen LogP contribution in [0.15, 0.2) is 11.6 Å². The average Bonchev–Trinajstić information content (AvgIpc) is 1.98. The van der Waals surface area contributed by atoms with Crippen molar-refractivity contribution in [3.05, 3.63) is 18.5 Å². The predicted octanol–water partition coefficient (Wildman–Crippen LogP) is 3.77. The summed E-state index contributed by atoms with van der Waals surface area (Å²) in [6.45, 7) is 6.08. The maximum atomic E-state index is 5.40. The molecule has 0 saturated carbocycles. The van der Waals surface area contributed by atoms with Crippen LogP contribution in [-0.4, -0.2) is 0 Å². The summed E-state index contributed by atoms with van der Waals surface area (Å²) in [6, 6.07) is 0. The third-order valence-electron chi connectivity index (χ3n) is 1.66. The Bertz CT molecular complexity index is 86.7. The van der Waals surface area contributed by atoms with Crippen molar-refractivity contribution < 1.29 is 0 Å². The Balaban J connectivity index is 3.39. The number of hydrogen-bond donors (Lipinski definition) is 0. The minimum absolute atomic E-state index is 0.736. The molecule has 0 amide bonds. The van der Waals surface area contributed by atoms with Gasteiger partial charge in [-0.15, -0.1) is 0 Å². The quantitative estimate of drug-likeness (QED) is 0.573. The van der Waals surface area contributed by atoms with Crippen LogP contribution >= 0.6 is 11.6 Å². The molecule has 0 nitrogen and oxygen atoms in total. The van der Waals surface area contributed by atoms with Gasteiger partial charge in [0.1, 0.15) is 0 Å². The van der Waals surface area contributed by atoms with Crippen molar-refractivity contribution in [2.75, 3.05) is 0 Å². The van der Waals surface area contributed by atoms with Gasteiger partial charge in [0.2, 0.25) is 0 Å². The van der Waals surface area contributed by atoms with Crippen molar-refractivity contribution in [2.24, 2.45) is 5.92 Å². The van der Waals surface area contributed by atoms with Gasteiger partial charge in [0.25, 0.3) is 0 Å². The van der Waals surface area contributed by atoms with Crippen LogP contribution in [0, 0.1) is 12.8 Å². The van der Waals surface area contributed by atoms with E-state index in [0.29, 0.717) is 0 Å². The zero-order valence-corrected chi connectivity index (χ0v) is 7.40. The number of hydrogen-bond acceptors (Lipinski definition) is 0. The monoisotopic (exact) mass is 159 g/mol. The SMILES string of the molecule is [CH2]CC(CC=CCl)CCC. The average molecular weight is 160 g/mol. The molecule has 1 heteroatoms. The molecule has 0 aromatic carbocycles. The molecular weight excluding hydrogens is 144 g/mol. The highest BCUT2D eigenvalue weighted by Crippen LogP contribution is 2.15. The van der Waals surface area contributed by atoms with Crippen LogP contribution in [0.1, 0.15) is 32.6 Å². The molecule has 0 heterocycles. The Morgan fingerprint density at radius 3 is 2.70 bits per heavy atom. The van der Waals surface area contributed by atoms with Crippen LogP contribution in [0.4, 0.5) is 0 Å². The third kappa shape index (κ3) is 4.87. The van der Waals surface area contributed by atoms with E-state index in [-0.39, 0.29) is 0 Å². The van der Waals surface area contributed by atoms with Crippen LogP contribution in [0.5, 0.6) is 0 Å². The van der Waals surface area contributed by atoms with E-state index in [0.717, 1.165) is 18.8 Å². The number of allylic oxidation sites excluding steroid dienone is 1. The highest BCUT2D eigenvalue weighted by molar-refractivity contribution is 6.25. The summed E-state index contributed by atoms with van der Waals surface area (Å²) < 4.78 is 0. The number of rotatable bonds is 5. The van der Waals surface area contributed by atoms with Crippen molar-refractivity contribution in [3.63, 3.8) is 0 Å². The standard InChI is InChI=1S/C9H16Cl/c1-3-6-9(4-2)7-5-8-10/h5,8-9H,2-4,6-7H2,1H3. The molecule has 0 rings (SSSR count). The first kappa shape index (κ1) is 10.0. The summed E-state index contributed by atoms with van der Waals surface area (Å²) in [6.07, 6.45) is 6.63. The normalized spacial score (nSPS) is 14.3. The number of halogens is 1. The molecule has 0 aromatic heterocycles. The predicted molar refractivity (Wildman–Crippen MR) is 48.0 cm³/mol. The van der Waals surface area contributed by atoms with Gasteiger partial charge in [-0.2, -0.15) is 0 Å². The van der Waals surface area contributed by atoms with Gasteiger partial charge in [0.05, 0.1) is 0 Å². The minimum Gasteiger partial charge on any atom is -0.0933 e. The summed E-state index contributed by atoms with van der Waals surface area (Å²) in [4.78, 5) is 0. The Morgan fingerprint density at radius 1 is 1.60 bits per heavy atom. The van der Waals surface area contributed by atoms with Gasteiger partial charge < -0.3 is 0 Å². The summed E-state index contributed by atoms with van der Waals surface area (Å²) >= 11 is 5.40. The van der Waals surface area contributed by atoms with Crippen molar-refractivity contribution >= 4 is 11.6 Å². The molecule has 0 saturated heterocycles. The molecule has 0 aliphatic rings. The van der Waals surface area contributed by atoms with Crippen molar-refractivity contribution in [2.45, 2.75) is 32.6 Å². The molecule has 1 unspecified atom stereocenters. The fourth-order valence-electron chi connectivity index (χ4n) is 1.03. The van der Waals surface area contributed by atoms with Gasteiger partial charge in [-0.3, -0.25) is 0 Å². The van der Waals surface area contributed by atoms with Gasteiger partial charge in [-0.05, 0) is 12.3 Å². The van der Waals surface area contributed by atoms with E-state index in [1.807, 2.05) is 6.08 Å². The minimum atomic E-state index is 0.736. The van der Waals surface area contributed by atoms with Crippen LogP contribution in [0.3, 0.4) is 0 Å². The summed E-state index contributed by atoms with van der Waals surface area (Å²) in [5.41, 5.74) is 1.60. The molecular formula is C9H16Cl. The van der Waals surface area contributed by atoms with E-state index >= 15 is 0 Å². The van der Waals surface area contributed by atoms with Crippen LogP contribution in [0.2, 0.25) is 0 Å². The zero-order valence-electron chi connectivity index (χ0n) is 6.65. The molecule has 1 atom stereocenters. The lowest BCUT2D eigenvalue weighted by Crippen LogP contribution is -1.95. The van der Waals surface area contributed by atoms with E-state index in [9.17, 15) is 0 Å². The van der Waals surface area contributed by atoms with Gasteiger partial charge in [0.15, 0.2) is 0 Å².